The third kappa shape index (κ3) is 13.5. The van der Waals surface area contributed by atoms with Crippen LogP contribution in [0.1, 0.15) is 89.2 Å². The molecule has 1 aromatic heterocycles. The molecule has 2 atom stereocenters. The van der Waals surface area contributed by atoms with Crippen molar-refractivity contribution in [3.8, 4) is 11.8 Å². The van der Waals surface area contributed by atoms with E-state index in [-0.39, 0.29) is 47.6 Å². The zero-order chi connectivity index (χ0) is 51.7. The molecule has 70 heavy (non-hydrogen) atoms. The summed E-state index contributed by atoms with van der Waals surface area (Å²) in [5.41, 5.74) is 1.91. The van der Waals surface area contributed by atoms with Gasteiger partial charge in [-0.25, -0.2) is 4.79 Å². The Bertz CT molecular complexity index is 2960. The van der Waals surface area contributed by atoms with E-state index in [1.54, 1.807) is 37.5 Å². The van der Waals surface area contributed by atoms with Gasteiger partial charge in [-0.1, -0.05) is 31.1 Å². The SMILES string of the molecule is COCCN1/C(=C/C=C/C=C/C2=[N+](CCCCCCCC(=O)On3c(O)ccc3O)c3ccc(S(=O)(=O)O)cc3C2(C)CCCS(=O)(=O)O)C(C)(CCCS(=O)(=O)OC)c2cc(S(=O)(=O)OC)ccc21. The van der Waals surface area contributed by atoms with Crippen LogP contribution in [0.3, 0.4) is 0 Å². The standard InChI is InChI=1S/C46H61N3O17S4/c1-45(25-14-30-67(53,54)55)36-32-34(69(58,59)60)19-21-38(36)47(27-13-8-6-7-12-18-44(52)66-49-42(50)23-24-43(49)51)40(45)16-10-9-11-17-41-46(2,26-15-31-68(56,57)64-4)37-33-35(70(61,62)65-5)20-22-39(37)48(41)28-29-63-3/h9-11,16-17,19-24,32-33H,6-8,12-15,18,25-31H2,1-5H3,(H3-,50,51,53,54,55,58,59,60)/p+1. The van der Waals surface area contributed by atoms with E-state index >= 15 is 0 Å². The van der Waals surface area contributed by atoms with Crippen molar-refractivity contribution in [2.24, 2.45) is 0 Å². The molecule has 0 aliphatic carbocycles. The lowest BCUT2D eigenvalue weighted by molar-refractivity contribution is -0.438. The average Bonchev–Trinajstić information content (AvgIpc) is 3.82. The lowest BCUT2D eigenvalue weighted by Gasteiger charge is -2.30. The highest BCUT2D eigenvalue weighted by Gasteiger charge is 2.48. The van der Waals surface area contributed by atoms with Gasteiger partial charge in [-0.2, -0.15) is 38.2 Å². The first-order chi connectivity index (χ1) is 32.8. The molecule has 0 saturated heterocycles. The van der Waals surface area contributed by atoms with Crippen LogP contribution in [0.4, 0.5) is 11.4 Å². The monoisotopic (exact) mass is 1060 g/mol. The van der Waals surface area contributed by atoms with Gasteiger partial charge in [0.1, 0.15) is 6.54 Å². The topological polar surface area (TPSA) is 283 Å². The molecule has 2 unspecified atom stereocenters. The highest BCUT2D eigenvalue weighted by molar-refractivity contribution is 7.87. The molecule has 0 fully saturated rings. The van der Waals surface area contributed by atoms with E-state index in [0.29, 0.717) is 78.3 Å². The van der Waals surface area contributed by atoms with Crippen LogP contribution in [0.15, 0.2) is 94.4 Å². The second-order valence-corrected chi connectivity index (χ2v) is 23.9. The van der Waals surface area contributed by atoms with Crippen LogP contribution >= 0.6 is 0 Å². The molecule has 0 spiro atoms. The molecule has 20 nitrogen and oxygen atoms in total. The molecular weight excluding hydrogens is 995 g/mol. The molecule has 386 valence electrons. The van der Waals surface area contributed by atoms with E-state index in [1.165, 1.54) is 36.4 Å². The number of carbonyl (C=O) groups excluding carboxylic acids is 1. The zero-order valence-corrected chi connectivity index (χ0v) is 42.9. The fourth-order valence-corrected chi connectivity index (χ4v) is 11.4. The Hall–Kier alpha value is -4.92. The molecule has 0 saturated carbocycles. The first kappa shape index (κ1) is 56.0. The second-order valence-electron chi connectivity index (χ2n) is 17.3. The van der Waals surface area contributed by atoms with E-state index in [2.05, 4.69) is 0 Å². The van der Waals surface area contributed by atoms with E-state index in [9.17, 15) is 57.8 Å². The van der Waals surface area contributed by atoms with Gasteiger partial charge in [0.15, 0.2) is 5.71 Å². The summed E-state index contributed by atoms with van der Waals surface area (Å²) in [6.45, 7) is 4.81. The summed E-state index contributed by atoms with van der Waals surface area (Å²) in [4.78, 5) is 18.9. The van der Waals surface area contributed by atoms with Gasteiger partial charge in [0, 0.05) is 73.1 Å². The smallest absolute Gasteiger partial charge is 0.333 e. The van der Waals surface area contributed by atoms with Gasteiger partial charge in [-0.15, -0.1) is 4.73 Å². The Morgan fingerprint density at radius 2 is 1.34 bits per heavy atom. The predicted octanol–water partition coefficient (Wildman–Crippen LogP) is 5.68. The van der Waals surface area contributed by atoms with E-state index in [4.69, 9.17) is 17.9 Å². The van der Waals surface area contributed by atoms with Crippen LogP contribution in [-0.4, -0.2) is 127 Å². The Labute approximate surface area is 410 Å². The van der Waals surface area contributed by atoms with E-state index in [1.807, 2.05) is 35.5 Å². The minimum atomic E-state index is -4.65. The van der Waals surface area contributed by atoms with Crippen molar-refractivity contribution in [2.45, 2.75) is 98.7 Å². The molecule has 4 N–H and O–H groups in total. The summed E-state index contributed by atoms with van der Waals surface area (Å²) in [5.74, 6) is -2.33. The predicted molar refractivity (Wildman–Crippen MR) is 260 cm³/mol. The van der Waals surface area contributed by atoms with Crippen LogP contribution in [0.2, 0.25) is 0 Å². The van der Waals surface area contributed by atoms with Crippen molar-refractivity contribution in [1.29, 1.82) is 0 Å². The molecular formula is C46H62N3O17S4+. The number of hydrogen-bond acceptors (Lipinski definition) is 16. The molecule has 0 radical (unpaired) electrons. The lowest BCUT2D eigenvalue weighted by Crippen LogP contribution is -2.32. The number of hydrogen-bond donors (Lipinski definition) is 4. The van der Waals surface area contributed by atoms with Gasteiger partial charge < -0.3 is 24.7 Å². The summed E-state index contributed by atoms with van der Waals surface area (Å²) in [6, 6.07) is 11.2. The number of benzene rings is 2. The Morgan fingerprint density at radius 1 is 0.714 bits per heavy atom. The molecule has 0 amide bonds. The number of methoxy groups -OCH3 is 1. The van der Waals surface area contributed by atoms with Crippen molar-refractivity contribution in [2.75, 3.05) is 57.4 Å². The molecule has 2 aliphatic rings. The summed E-state index contributed by atoms with van der Waals surface area (Å²) in [5, 5.41) is 19.5. The van der Waals surface area contributed by atoms with Crippen LogP contribution < -0.4 is 9.74 Å². The number of aromatic hydroxyl groups is 2. The molecule has 5 rings (SSSR count). The fourth-order valence-electron chi connectivity index (χ4n) is 9.03. The molecule has 24 heteroatoms. The van der Waals surface area contributed by atoms with Gasteiger partial charge in [-0.05, 0) is 94.3 Å². The number of allylic oxidation sites excluding steroid dienone is 6. The first-order valence-corrected chi connectivity index (χ1v) is 28.4. The minimum Gasteiger partial charge on any atom is -0.492 e. The lowest BCUT2D eigenvalue weighted by atomic mass is 9.76. The van der Waals surface area contributed by atoms with Crippen molar-refractivity contribution >= 4 is 63.5 Å². The average molecular weight is 1060 g/mol. The van der Waals surface area contributed by atoms with E-state index < -0.39 is 74.8 Å². The summed E-state index contributed by atoms with van der Waals surface area (Å²) >= 11 is 0. The maximum atomic E-state index is 12.9. The maximum absolute atomic E-state index is 12.9. The highest BCUT2D eigenvalue weighted by atomic mass is 32.2. The molecule has 3 heterocycles. The Balaban J connectivity index is 1.49. The third-order valence-electron chi connectivity index (χ3n) is 12.6. The van der Waals surface area contributed by atoms with Crippen LogP contribution in [0.25, 0.3) is 0 Å². The van der Waals surface area contributed by atoms with Crippen molar-refractivity contribution in [1.82, 2.24) is 4.73 Å². The summed E-state index contributed by atoms with van der Waals surface area (Å²) in [6.07, 6.45) is 12.8. The molecule has 3 aromatic rings. The van der Waals surface area contributed by atoms with Gasteiger partial charge >= 0.3 is 5.97 Å². The van der Waals surface area contributed by atoms with Crippen molar-refractivity contribution in [3.63, 3.8) is 0 Å². The van der Waals surface area contributed by atoms with Crippen LogP contribution in [0.5, 0.6) is 11.8 Å². The first-order valence-electron chi connectivity index (χ1n) is 22.4. The molecule has 2 aromatic carbocycles. The quantitative estimate of drug-likeness (QED) is 0.0235. The van der Waals surface area contributed by atoms with Gasteiger partial charge in [0.2, 0.25) is 17.4 Å². The summed E-state index contributed by atoms with van der Waals surface area (Å²) in [7, 11) is -13.2. The van der Waals surface area contributed by atoms with Gasteiger partial charge in [0.25, 0.3) is 40.5 Å². The number of rotatable bonds is 27. The Morgan fingerprint density at radius 3 is 1.99 bits per heavy atom. The van der Waals surface area contributed by atoms with Crippen molar-refractivity contribution in [3.05, 3.63) is 95.7 Å². The fraction of sp³-hybridized carbons (Fsp3) is 0.478. The normalized spacial score (nSPS) is 19.2. The number of anilines is 1. The highest BCUT2D eigenvalue weighted by Crippen LogP contribution is 2.51. The zero-order valence-electron chi connectivity index (χ0n) is 39.7. The number of carbonyl (C=O) groups is 1. The van der Waals surface area contributed by atoms with Crippen molar-refractivity contribution < 1.29 is 80.3 Å². The second kappa shape index (κ2) is 23.1. The molecule has 0 bridgehead atoms. The maximum Gasteiger partial charge on any atom is 0.333 e. The Kier molecular flexibility index (Phi) is 18.5. The van der Waals surface area contributed by atoms with Gasteiger partial charge in [0.05, 0.1) is 47.5 Å². The van der Waals surface area contributed by atoms with Crippen LogP contribution in [-0.2, 0) is 69.2 Å². The molecule has 2 aliphatic heterocycles. The third-order valence-corrected chi connectivity index (χ3v) is 16.9. The number of aromatic nitrogens is 1. The number of ether oxygens (including phenoxy) is 1. The van der Waals surface area contributed by atoms with E-state index in [0.717, 1.165) is 26.3 Å². The number of fused-ring (bicyclic) bond motifs is 2. The largest absolute Gasteiger partial charge is 0.492 e. The summed E-state index contributed by atoms with van der Waals surface area (Å²) < 4.78 is 136. The number of unbranched alkanes of at least 4 members (excludes halogenated alkanes) is 4. The minimum absolute atomic E-state index is 0.000471. The van der Waals surface area contributed by atoms with Gasteiger partial charge in [-0.3, -0.25) is 17.5 Å². The van der Waals surface area contributed by atoms with Crippen LogP contribution in [0, 0.1) is 0 Å². The number of nitrogens with zero attached hydrogens (tertiary/aromatic N) is 3.